The van der Waals surface area contributed by atoms with E-state index in [1.54, 1.807) is 0 Å². The third kappa shape index (κ3) is 7.27. The van der Waals surface area contributed by atoms with E-state index < -0.39 is 18.1 Å². The van der Waals surface area contributed by atoms with Crippen LogP contribution in [0.25, 0.3) is 0 Å². The summed E-state index contributed by atoms with van der Waals surface area (Å²) in [6.45, 7) is 7.14. The number of carbonyl (C=O) groups is 2. The molecule has 0 unspecified atom stereocenters. The molecule has 1 aromatic rings. The number of nitrogens with one attached hydrogen (secondary N) is 2. The summed E-state index contributed by atoms with van der Waals surface area (Å²) in [5.41, 5.74) is 2.26. The average Bonchev–Trinajstić information content (AvgIpc) is 3.27. The standard InChI is InChI=1S/C22H36N4O4/c1-5-29-20(30-6-2)16-24-22(28)21(27)23-15-19(26-13-7-8-14-26)17-9-11-18(12-10-17)25(3)4/h9-12,19-20H,5-8,13-16H2,1-4H3,(H,23,27)(H,24,28)/t19-/m1/s1. The van der Waals surface area contributed by atoms with Crippen molar-refractivity contribution in [3.05, 3.63) is 29.8 Å². The zero-order valence-corrected chi connectivity index (χ0v) is 18.6. The summed E-state index contributed by atoms with van der Waals surface area (Å²) in [6.07, 6.45) is 1.75. The maximum Gasteiger partial charge on any atom is 0.309 e. The summed E-state index contributed by atoms with van der Waals surface area (Å²) in [6, 6.07) is 8.39. The first kappa shape index (κ1) is 24.1. The molecule has 168 valence electrons. The highest BCUT2D eigenvalue weighted by Crippen LogP contribution is 2.26. The Morgan fingerprint density at radius 2 is 1.50 bits per heavy atom. The number of hydrogen-bond acceptors (Lipinski definition) is 6. The third-order valence-corrected chi connectivity index (χ3v) is 5.17. The van der Waals surface area contributed by atoms with Crippen molar-refractivity contribution in [2.75, 3.05) is 58.4 Å². The largest absolute Gasteiger partial charge is 0.378 e. The van der Waals surface area contributed by atoms with E-state index in [1.165, 1.54) is 0 Å². The molecule has 1 atom stereocenters. The van der Waals surface area contributed by atoms with Gasteiger partial charge in [0.15, 0.2) is 6.29 Å². The van der Waals surface area contributed by atoms with Crippen molar-refractivity contribution in [1.82, 2.24) is 15.5 Å². The first-order valence-corrected chi connectivity index (χ1v) is 10.8. The quantitative estimate of drug-likeness (QED) is 0.417. The second-order valence-electron chi connectivity index (χ2n) is 7.51. The van der Waals surface area contributed by atoms with Gasteiger partial charge in [-0.05, 0) is 57.5 Å². The van der Waals surface area contributed by atoms with E-state index in [9.17, 15) is 9.59 Å². The minimum atomic E-state index is -0.678. The highest BCUT2D eigenvalue weighted by molar-refractivity contribution is 6.35. The molecule has 0 saturated carbocycles. The number of rotatable bonds is 11. The van der Waals surface area contributed by atoms with Gasteiger partial charge in [-0.25, -0.2) is 0 Å². The predicted molar refractivity (Wildman–Crippen MR) is 117 cm³/mol. The van der Waals surface area contributed by atoms with Gasteiger partial charge in [0, 0.05) is 39.5 Å². The molecule has 0 aromatic heterocycles. The molecule has 1 saturated heterocycles. The Bertz CT molecular complexity index is 654. The molecule has 0 bridgehead atoms. The third-order valence-electron chi connectivity index (χ3n) is 5.17. The summed E-state index contributed by atoms with van der Waals surface area (Å²) >= 11 is 0. The summed E-state index contributed by atoms with van der Waals surface area (Å²) in [7, 11) is 4.01. The fraction of sp³-hybridized carbons (Fsp3) is 0.636. The van der Waals surface area contributed by atoms with Crippen molar-refractivity contribution in [2.24, 2.45) is 0 Å². The number of ether oxygens (including phenoxy) is 2. The molecule has 0 aliphatic carbocycles. The number of nitrogens with zero attached hydrogens (tertiary/aromatic N) is 2. The topological polar surface area (TPSA) is 83.1 Å². The molecule has 1 aromatic carbocycles. The Labute approximate surface area is 179 Å². The molecule has 8 heteroatoms. The molecule has 1 aliphatic heterocycles. The number of likely N-dealkylation sites (tertiary alicyclic amines) is 1. The van der Waals surface area contributed by atoms with Crippen LogP contribution in [0.4, 0.5) is 5.69 Å². The molecule has 2 amide bonds. The van der Waals surface area contributed by atoms with Gasteiger partial charge < -0.3 is 25.0 Å². The minimum Gasteiger partial charge on any atom is -0.378 e. The number of amides is 2. The van der Waals surface area contributed by atoms with Gasteiger partial charge in [0.1, 0.15) is 0 Å². The molecule has 0 spiro atoms. The number of hydrogen-bond donors (Lipinski definition) is 2. The van der Waals surface area contributed by atoms with E-state index >= 15 is 0 Å². The Hall–Kier alpha value is -2.16. The van der Waals surface area contributed by atoms with Crippen LogP contribution in [0, 0.1) is 0 Å². The van der Waals surface area contributed by atoms with Gasteiger partial charge in [-0.1, -0.05) is 12.1 Å². The van der Waals surface area contributed by atoms with Crippen LogP contribution in [0.5, 0.6) is 0 Å². The summed E-state index contributed by atoms with van der Waals surface area (Å²) < 4.78 is 10.8. The van der Waals surface area contributed by atoms with Crippen molar-refractivity contribution in [3.63, 3.8) is 0 Å². The van der Waals surface area contributed by atoms with Gasteiger partial charge in [0.05, 0.1) is 12.6 Å². The maximum absolute atomic E-state index is 12.3. The Morgan fingerprint density at radius 3 is 2.00 bits per heavy atom. The van der Waals surface area contributed by atoms with E-state index in [0.29, 0.717) is 19.8 Å². The van der Waals surface area contributed by atoms with Crippen LogP contribution in [0.3, 0.4) is 0 Å². The van der Waals surface area contributed by atoms with E-state index in [0.717, 1.165) is 37.2 Å². The Kier molecular flexibility index (Phi) is 10.1. The fourth-order valence-electron chi connectivity index (χ4n) is 3.57. The predicted octanol–water partition coefficient (Wildman–Crippen LogP) is 1.52. The molecule has 1 fully saturated rings. The van der Waals surface area contributed by atoms with Crippen LogP contribution >= 0.6 is 0 Å². The first-order chi connectivity index (χ1) is 14.5. The van der Waals surface area contributed by atoms with E-state index in [2.05, 4.69) is 44.7 Å². The molecular formula is C22H36N4O4. The summed E-state index contributed by atoms with van der Waals surface area (Å²) in [5, 5.41) is 5.38. The van der Waals surface area contributed by atoms with E-state index in [1.807, 2.05) is 27.9 Å². The lowest BCUT2D eigenvalue weighted by Crippen LogP contribution is -2.46. The number of benzene rings is 1. The smallest absolute Gasteiger partial charge is 0.309 e. The summed E-state index contributed by atoms with van der Waals surface area (Å²) in [4.78, 5) is 28.9. The van der Waals surface area contributed by atoms with Gasteiger partial charge in [-0.3, -0.25) is 14.5 Å². The van der Waals surface area contributed by atoms with Crippen molar-refractivity contribution in [1.29, 1.82) is 0 Å². The van der Waals surface area contributed by atoms with Crippen LogP contribution in [0.2, 0.25) is 0 Å². The lowest BCUT2D eigenvalue weighted by Gasteiger charge is -2.28. The van der Waals surface area contributed by atoms with E-state index in [-0.39, 0.29) is 12.6 Å². The second kappa shape index (κ2) is 12.5. The number of carbonyl (C=O) groups excluding carboxylic acids is 2. The SMILES string of the molecule is CCOC(CNC(=O)C(=O)NC[C@H](c1ccc(N(C)C)cc1)N1CCCC1)OCC. The van der Waals surface area contributed by atoms with Crippen molar-refractivity contribution in [2.45, 2.75) is 39.0 Å². The second-order valence-corrected chi connectivity index (χ2v) is 7.51. The van der Waals surface area contributed by atoms with Crippen LogP contribution in [0.1, 0.15) is 38.3 Å². The molecule has 2 N–H and O–H groups in total. The fourth-order valence-corrected chi connectivity index (χ4v) is 3.57. The zero-order valence-electron chi connectivity index (χ0n) is 18.6. The molecular weight excluding hydrogens is 384 g/mol. The lowest BCUT2D eigenvalue weighted by molar-refractivity contribution is -0.146. The molecule has 1 aliphatic rings. The van der Waals surface area contributed by atoms with Crippen molar-refractivity contribution in [3.8, 4) is 0 Å². The normalized spacial score (nSPS) is 15.2. The molecule has 8 nitrogen and oxygen atoms in total. The Balaban J connectivity index is 1.94. The zero-order chi connectivity index (χ0) is 21.9. The van der Waals surface area contributed by atoms with Gasteiger partial charge in [0.25, 0.3) is 0 Å². The van der Waals surface area contributed by atoms with Gasteiger partial charge >= 0.3 is 11.8 Å². The lowest BCUT2D eigenvalue weighted by atomic mass is 10.0. The highest BCUT2D eigenvalue weighted by Gasteiger charge is 2.25. The number of anilines is 1. The van der Waals surface area contributed by atoms with E-state index in [4.69, 9.17) is 9.47 Å². The minimum absolute atomic E-state index is 0.0417. The van der Waals surface area contributed by atoms with Crippen LogP contribution < -0.4 is 15.5 Å². The summed E-state index contributed by atoms with van der Waals surface area (Å²) in [5.74, 6) is -1.32. The first-order valence-electron chi connectivity index (χ1n) is 10.8. The van der Waals surface area contributed by atoms with Gasteiger partial charge in [-0.2, -0.15) is 0 Å². The molecule has 1 heterocycles. The maximum atomic E-state index is 12.3. The monoisotopic (exact) mass is 420 g/mol. The average molecular weight is 421 g/mol. The molecule has 30 heavy (non-hydrogen) atoms. The van der Waals surface area contributed by atoms with Crippen LogP contribution in [-0.2, 0) is 19.1 Å². The van der Waals surface area contributed by atoms with Gasteiger partial charge in [0.2, 0.25) is 0 Å². The molecule has 0 radical (unpaired) electrons. The van der Waals surface area contributed by atoms with Crippen molar-refractivity contribution < 1.29 is 19.1 Å². The van der Waals surface area contributed by atoms with Gasteiger partial charge in [-0.15, -0.1) is 0 Å². The highest BCUT2D eigenvalue weighted by atomic mass is 16.7. The van der Waals surface area contributed by atoms with Crippen molar-refractivity contribution >= 4 is 17.5 Å². The Morgan fingerprint density at radius 1 is 0.967 bits per heavy atom. The van der Waals surface area contributed by atoms with Crippen LogP contribution in [0.15, 0.2) is 24.3 Å². The molecule has 2 rings (SSSR count). The van der Waals surface area contributed by atoms with Crippen LogP contribution in [-0.4, -0.2) is 76.5 Å².